The highest BCUT2D eigenvalue weighted by Crippen LogP contribution is 2.28. The average Bonchev–Trinajstić information content (AvgIpc) is 2.30. The number of benzene rings is 1. The molecule has 6 nitrogen and oxygen atoms in total. The van der Waals surface area contributed by atoms with Crippen LogP contribution in [0.3, 0.4) is 0 Å². The van der Waals surface area contributed by atoms with Crippen molar-refractivity contribution in [2.75, 3.05) is 12.3 Å². The van der Waals surface area contributed by atoms with Gasteiger partial charge in [-0.3, -0.25) is 0 Å². The molecule has 0 aliphatic rings. The Morgan fingerprint density at radius 2 is 2.00 bits per heavy atom. The Morgan fingerprint density at radius 1 is 1.39 bits per heavy atom. The van der Waals surface area contributed by atoms with Gasteiger partial charge in [-0.05, 0) is 25.1 Å². The molecule has 0 spiro atoms. The van der Waals surface area contributed by atoms with Crippen molar-refractivity contribution in [2.24, 2.45) is 5.73 Å². The largest absolute Gasteiger partial charge is 0.478 e. The Morgan fingerprint density at radius 3 is 2.50 bits per heavy atom. The summed E-state index contributed by atoms with van der Waals surface area (Å²) in [5.41, 5.74) is 9.87. The third-order valence-electron chi connectivity index (χ3n) is 2.55. The molecule has 0 amide bonds. The molecule has 100 valence electrons. The Bertz CT molecular complexity index is 453. The topological polar surface area (TPSA) is 130 Å². The van der Waals surface area contributed by atoms with Gasteiger partial charge in [0.2, 0.25) is 0 Å². The number of rotatable bonds is 5. The van der Waals surface area contributed by atoms with Crippen LogP contribution in [0.15, 0.2) is 12.1 Å². The number of carbonyl (C=O) groups is 1. The van der Waals surface area contributed by atoms with E-state index in [9.17, 15) is 19.4 Å². The van der Waals surface area contributed by atoms with E-state index in [0.717, 1.165) is 12.1 Å². The van der Waals surface area contributed by atoms with Crippen LogP contribution in [0, 0.1) is 5.82 Å². The number of aromatic carboxylic acids is 1. The van der Waals surface area contributed by atoms with Crippen LogP contribution in [0.25, 0.3) is 0 Å². The maximum atomic E-state index is 13.2. The molecular weight excluding hydrogens is 243 g/mol. The first-order valence-corrected chi connectivity index (χ1v) is 5.26. The molecular formula is C11H15FN2O4. The van der Waals surface area contributed by atoms with Crippen molar-refractivity contribution < 1.29 is 24.5 Å². The molecule has 0 bridgehead atoms. The van der Waals surface area contributed by atoms with Crippen LogP contribution in [0.4, 0.5) is 10.1 Å². The van der Waals surface area contributed by atoms with Crippen LogP contribution < -0.4 is 11.5 Å². The molecule has 1 aromatic rings. The van der Waals surface area contributed by atoms with E-state index in [-0.39, 0.29) is 24.2 Å². The predicted molar refractivity (Wildman–Crippen MR) is 62.4 cm³/mol. The van der Waals surface area contributed by atoms with Crippen molar-refractivity contribution in [1.82, 2.24) is 0 Å². The van der Waals surface area contributed by atoms with E-state index in [4.69, 9.17) is 16.6 Å². The second-order valence-electron chi connectivity index (χ2n) is 3.85. The summed E-state index contributed by atoms with van der Waals surface area (Å²) in [7, 11) is 0. The minimum atomic E-state index is -1.48. The fourth-order valence-corrected chi connectivity index (χ4v) is 1.60. The summed E-state index contributed by atoms with van der Waals surface area (Å²) >= 11 is 0. The zero-order valence-corrected chi connectivity index (χ0v) is 9.51. The number of hydrogen-bond acceptors (Lipinski definition) is 5. The number of nitrogens with two attached hydrogens (primary N) is 2. The first kappa shape index (κ1) is 14.4. The van der Waals surface area contributed by atoms with Crippen LogP contribution >= 0.6 is 0 Å². The highest BCUT2D eigenvalue weighted by molar-refractivity contribution is 5.94. The lowest BCUT2D eigenvalue weighted by Crippen LogP contribution is -2.23. The second-order valence-corrected chi connectivity index (χ2v) is 3.85. The van der Waals surface area contributed by atoms with Crippen molar-refractivity contribution in [1.29, 1.82) is 0 Å². The lowest BCUT2D eigenvalue weighted by atomic mass is 9.97. The van der Waals surface area contributed by atoms with Crippen LogP contribution in [0.2, 0.25) is 0 Å². The molecule has 7 heteroatoms. The third kappa shape index (κ3) is 2.95. The van der Waals surface area contributed by atoms with Gasteiger partial charge in [0.25, 0.3) is 0 Å². The van der Waals surface area contributed by atoms with Gasteiger partial charge in [0.1, 0.15) is 11.9 Å². The van der Waals surface area contributed by atoms with E-state index < -0.39 is 29.6 Å². The van der Waals surface area contributed by atoms with E-state index >= 15 is 0 Å². The van der Waals surface area contributed by atoms with E-state index in [0.29, 0.717) is 0 Å². The van der Waals surface area contributed by atoms with Gasteiger partial charge >= 0.3 is 5.97 Å². The molecule has 18 heavy (non-hydrogen) atoms. The summed E-state index contributed by atoms with van der Waals surface area (Å²) in [5, 5.41) is 28.2. The number of hydrogen-bond donors (Lipinski definition) is 5. The summed E-state index contributed by atoms with van der Waals surface area (Å²) in [6.45, 7) is 0.124. The highest BCUT2D eigenvalue weighted by atomic mass is 19.1. The smallest absolute Gasteiger partial charge is 0.337 e. The maximum Gasteiger partial charge on any atom is 0.337 e. The molecule has 1 rings (SSSR count). The van der Waals surface area contributed by atoms with Crippen molar-refractivity contribution in [2.45, 2.75) is 18.6 Å². The summed E-state index contributed by atoms with van der Waals surface area (Å²) < 4.78 is 13.2. The van der Waals surface area contributed by atoms with Gasteiger partial charge in [0.15, 0.2) is 0 Å². The normalized spacial score (nSPS) is 14.2. The molecule has 0 heterocycles. The number of carboxylic acids is 1. The SMILES string of the molecule is NCCC(O)C(O)c1cc(F)cc(C(=O)O)c1N. The number of aliphatic hydroxyl groups is 2. The third-order valence-corrected chi connectivity index (χ3v) is 2.55. The zero-order valence-electron chi connectivity index (χ0n) is 9.51. The summed E-state index contributed by atoms with van der Waals surface area (Å²) in [4.78, 5) is 10.8. The number of anilines is 1. The fourth-order valence-electron chi connectivity index (χ4n) is 1.60. The molecule has 0 radical (unpaired) electrons. The molecule has 0 fully saturated rings. The average molecular weight is 258 g/mol. The monoisotopic (exact) mass is 258 g/mol. The van der Waals surface area contributed by atoms with Gasteiger partial charge in [-0.25, -0.2) is 9.18 Å². The quantitative estimate of drug-likeness (QED) is 0.467. The van der Waals surface area contributed by atoms with Crippen LogP contribution in [0.1, 0.15) is 28.4 Å². The van der Waals surface area contributed by atoms with Gasteiger partial charge in [0, 0.05) is 5.56 Å². The minimum absolute atomic E-state index is 0.0829. The summed E-state index contributed by atoms with van der Waals surface area (Å²) in [6, 6.07) is 1.65. The van der Waals surface area contributed by atoms with Gasteiger partial charge in [-0.1, -0.05) is 0 Å². The summed E-state index contributed by atoms with van der Waals surface area (Å²) in [5.74, 6) is -2.26. The Hall–Kier alpha value is -1.70. The lowest BCUT2D eigenvalue weighted by Gasteiger charge is -2.20. The number of nitrogen functional groups attached to an aromatic ring is 1. The molecule has 0 saturated heterocycles. The first-order chi connectivity index (χ1) is 8.38. The van der Waals surface area contributed by atoms with Crippen molar-refractivity contribution >= 4 is 11.7 Å². The van der Waals surface area contributed by atoms with E-state index in [1.807, 2.05) is 0 Å². The molecule has 2 unspecified atom stereocenters. The molecule has 0 aromatic heterocycles. The van der Waals surface area contributed by atoms with E-state index in [1.54, 1.807) is 0 Å². The fraction of sp³-hybridized carbons (Fsp3) is 0.364. The second kappa shape index (κ2) is 5.76. The van der Waals surface area contributed by atoms with Crippen LogP contribution in [0.5, 0.6) is 0 Å². The Labute approximate surface area is 103 Å². The van der Waals surface area contributed by atoms with Gasteiger partial charge in [-0.15, -0.1) is 0 Å². The molecule has 0 aliphatic heterocycles. The molecule has 7 N–H and O–H groups in total. The van der Waals surface area contributed by atoms with Crippen molar-refractivity contribution in [3.05, 3.63) is 29.1 Å². The highest BCUT2D eigenvalue weighted by Gasteiger charge is 2.24. The van der Waals surface area contributed by atoms with Crippen molar-refractivity contribution in [3.8, 4) is 0 Å². The Balaban J connectivity index is 3.19. The Kier molecular flexibility index (Phi) is 4.60. The van der Waals surface area contributed by atoms with E-state index in [1.165, 1.54) is 0 Å². The molecule has 0 saturated carbocycles. The maximum absolute atomic E-state index is 13.2. The number of carboxylic acid groups (broad SMARTS) is 1. The molecule has 2 atom stereocenters. The van der Waals surface area contributed by atoms with Crippen LogP contribution in [-0.2, 0) is 0 Å². The van der Waals surface area contributed by atoms with Gasteiger partial charge < -0.3 is 26.8 Å². The zero-order chi connectivity index (χ0) is 13.9. The molecule has 1 aromatic carbocycles. The summed E-state index contributed by atoms with van der Waals surface area (Å²) in [6.07, 6.45) is -2.64. The minimum Gasteiger partial charge on any atom is -0.478 e. The van der Waals surface area contributed by atoms with Crippen molar-refractivity contribution in [3.63, 3.8) is 0 Å². The van der Waals surface area contributed by atoms with Gasteiger partial charge in [0.05, 0.1) is 17.4 Å². The molecule has 0 aliphatic carbocycles. The standard InChI is InChI=1S/C11H15FN2O4/c12-5-3-6(10(16)8(15)1-2-13)9(14)7(4-5)11(17)18/h3-4,8,10,15-16H,1-2,13-14H2,(H,17,18). The number of halogens is 1. The predicted octanol–water partition coefficient (Wildman–Crippen LogP) is -0.151. The first-order valence-electron chi connectivity index (χ1n) is 5.26. The lowest BCUT2D eigenvalue weighted by molar-refractivity contribution is 0.0152. The van der Waals surface area contributed by atoms with Gasteiger partial charge in [-0.2, -0.15) is 0 Å². The van der Waals surface area contributed by atoms with Crippen LogP contribution in [-0.4, -0.2) is 33.9 Å². The number of aliphatic hydroxyl groups excluding tert-OH is 2. The van der Waals surface area contributed by atoms with E-state index in [2.05, 4.69) is 0 Å².